The fourth-order valence-electron chi connectivity index (χ4n) is 3.79. The number of carbonyl (C=O) groups is 2. The summed E-state index contributed by atoms with van der Waals surface area (Å²) in [6, 6.07) is 15.1. The Morgan fingerprint density at radius 2 is 1.90 bits per heavy atom. The zero-order chi connectivity index (χ0) is 20.9. The highest BCUT2D eigenvalue weighted by Gasteiger charge is 2.28. The Bertz CT molecular complexity index is 979. The molecular formula is C22H24N4O3S. The lowest BCUT2D eigenvalue weighted by atomic mass is 10.0. The van der Waals surface area contributed by atoms with Crippen molar-refractivity contribution in [1.29, 1.82) is 0 Å². The predicted octanol–water partition coefficient (Wildman–Crippen LogP) is 3.75. The van der Waals surface area contributed by atoms with Crippen LogP contribution in [0.5, 0.6) is 0 Å². The van der Waals surface area contributed by atoms with E-state index < -0.39 is 6.10 Å². The van der Waals surface area contributed by atoms with E-state index in [4.69, 9.17) is 4.74 Å². The fourth-order valence-corrected chi connectivity index (χ4v) is 4.48. The molecule has 2 aromatic heterocycles. The number of hydrogen-bond donors (Lipinski definition) is 1. The van der Waals surface area contributed by atoms with Gasteiger partial charge in [-0.25, -0.2) is 4.68 Å². The first-order chi connectivity index (χ1) is 14.7. The van der Waals surface area contributed by atoms with Crippen molar-refractivity contribution in [1.82, 2.24) is 14.7 Å². The molecule has 156 valence electrons. The third-order valence-corrected chi connectivity index (χ3v) is 6.19. The summed E-state index contributed by atoms with van der Waals surface area (Å²) in [5, 5.41) is 9.30. The number of methoxy groups -OCH3 is 1. The summed E-state index contributed by atoms with van der Waals surface area (Å²) in [7, 11) is 1.52. The molecule has 3 heterocycles. The molecule has 3 aromatic rings. The van der Waals surface area contributed by atoms with Crippen molar-refractivity contribution >= 4 is 29.0 Å². The first-order valence-electron chi connectivity index (χ1n) is 9.92. The highest BCUT2D eigenvalue weighted by molar-refractivity contribution is 7.12. The van der Waals surface area contributed by atoms with E-state index in [0.29, 0.717) is 18.9 Å². The van der Waals surface area contributed by atoms with Crippen LogP contribution < -0.4 is 5.32 Å². The van der Waals surface area contributed by atoms with Gasteiger partial charge >= 0.3 is 0 Å². The summed E-state index contributed by atoms with van der Waals surface area (Å²) < 4.78 is 7.27. The number of nitrogens with zero attached hydrogens (tertiary/aromatic N) is 3. The van der Waals surface area contributed by atoms with E-state index in [9.17, 15) is 9.59 Å². The molecule has 1 saturated heterocycles. The Morgan fingerprint density at radius 1 is 1.13 bits per heavy atom. The number of hydrogen-bond acceptors (Lipinski definition) is 5. The van der Waals surface area contributed by atoms with Crippen molar-refractivity contribution in [2.45, 2.75) is 25.0 Å². The van der Waals surface area contributed by atoms with Gasteiger partial charge in [0, 0.05) is 26.3 Å². The van der Waals surface area contributed by atoms with Crippen LogP contribution >= 0.6 is 11.3 Å². The first kappa shape index (κ1) is 20.3. The minimum Gasteiger partial charge on any atom is -0.367 e. The molecule has 8 heteroatoms. The lowest BCUT2D eigenvalue weighted by Crippen LogP contribution is -2.39. The number of benzene rings is 1. The molecule has 0 radical (unpaired) electrons. The molecule has 2 amide bonds. The van der Waals surface area contributed by atoms with Crippen LogP contribution in [0.3, 0.4) is 0 Å². The summed E-state index contributed by atoms with van der Waals surface area (Å²) in [5.41, 5.74) is 0.795. The van der Waals surface area contributed by atoms with Gasteiger partial charge in [-0.1, -0.05) is 36.4 Å². The lowest BCUT2D eigenvalue weighted by Gasteiger charge is -2.32. The number of thiophene rings is 1. The Hall–Kier alpha value is -2.97. The minimum atomic E-state index is -0.695. The fraction of sp³-hybridized carbons (Fsp3) is 0.318. The van der Waals surface area contributed by atoms with E-state index in [0.717, 1.165) is 23.3 Å². The molecular weight excluding hydrogens is 400 g/mol. The maximum absolute atomic E-state index is 12.8. The van der Waals surface area contributed by atoms with Crippen molar-refractivity contribution in [2.24, 2.45) is 0 Å². The van der Waals surface area contributed by atoms with Crippen molar-refractivity contribution in [3.8, 4) is 0 Å². The Morgan fingerprint density at radius 3 is 2.57 bits per heavy atom. The van der Waals surface area contributed by atoms with E-state index >= 15 is 0 Å². The van der Waals surface area contributed by atoms with Crippen LogP contribution in [-0.2, 0) is 9.53 Å². The Balaban J connectivity index is 1.40. The normalized spacial score (nSPS) is 15.7. The number of aromatic nitrogens is 2. The maximum Gasteiger partial charge on any atom is 0.263 e. The van der Waals surface area contributed by atoms with Gasteiger partial charge in [0.05, 0.1) is 17.1 Å². The van der Waals surface area contributed by atoms with Gasteiger partial charge in [0.1, 0.15) is 5.82 Å². The van der Waals surface area contributed by atoms with Gasteiger partial charge in [-0.3, -0.25) is 9.59 Å². The van der Waals surface area contributed by atoms with Crippen LogP contribution in [0.25, 0.3) is 0 Å². The quantitative estimate of drug-likeness (QED) is 0.654. The maximum atomic E-state index is 12.8. The second-order valence-corrected chi connectivity index (χ2v) is 8.13. The number of anilines is 1. The van der Waals surface area contributed by atoms with Crippen LogP contribution in [-0.4, -0.2) is 46.7 Å². The summed E-state index contributed by atoms with van der Waals surface area (Å²) in [5.74, 6) is 0.486. The Labute approximate surface area is 179 Å². The van der Waals surface area contributed by atoms with E-state index in [-0.39, 0.29) is 17.9 Å². The molecule has 0 bridgehead atoms. The van der Waals surface area contributed by atoms with Crippen LogP contribution in [0.4, 0.5) is 5.82 Å². The molecule has 1 N–H and O–H groups in total. The largest absolute Gasteiger partial charge is 0.367 e. The SMILES string of the molecule is COC(C(=O)Nc1ccnn1C1CCN(C(=O)c2cccs2)CC1)c1ccccc1. The zero-order valence-corrected chi connectivity index (χ0v) is 17.5. The number of nitrogens with one attached hydrogen (secondary N) is 1. The van der Waals surface area contributed by atoms with Gasteiger partial charge in [0.15, 0.2) is 6.10 Å². The first-order valence-corrected chi connectivity index (χ1v) is 10.8. The molecule has 1 aliphatic heterocycles. The van der Waals surface area contributed by atoms with Crippen LogP contribution in [0.15, 0.2) is 60.1 Å². The monoisotopic (exact) mass is 424 g/mol. The molecule has 30 heavy (non-hydrogen) atoms. The molecule has 4 rings (SSSR count). The smallest absolute Gasteiger partial charge is 0.263 e. The van der Waals surface area contributed by atoms with Gasteiger partial charge in [-0.05, 0) is 29.9 Å². The minimum absolute atomic E-state index is 0.0863. The topological polar surface area (TPSA) is 76.5 Å². The van der Waals surface area contributed by atoms with Crippen molar-refractivity contribution < 1.29 is 14.3 Å². The molecule has 0 spiro atoms. The highest BCUT2D eigenvalue weighted by atomic mass is 32.1. The summed E-state index contributed by atoms with van der Waals surface area (Å²) in [6.45, 7) is 1.33. The van der Waals surface area contributed by atoms with E-state index in [1.54, 1.807) is 12.3 Å². The third-order valence-electron chi connectivity index (χ3n) is 5.33. The van der Waals surface area contributed by atoms with Gasteiger partial charge in [-0.15, -0.1) is 11.3 Å². The third kappa shape index (κ3) is 4.29. The summed E-state index contributed by atoms with van der Waals surface area (Å²) in [4.78, 5) is 28.0. The summed E-state index contributed by atoms with van der Waals surface area (Å²) in [6.07, 6.45) is 2.56. The predicted molar refractivity (Wildman–Crippen MR) is 116 cm³/mol. The number of piperidine rings is 1. The van der Waals surface area contributed by atoms with E-state index in [1.807, 2.05) is 57.4 Å². The molecule has 0 aliphatic carbocycles. The molecule has 1 unspecified atom stereocenters. The summed E-state index contributed by atoms with van der Waals surface area (Å²) >= 11 is 1.47. The second-order valence-electron chi connectivity index (χ2n) is 7.18. The van der Waals surface area contributed by atoms with Crippen molar-refractivity contribution in [3.63, 3.8) is 0 Å². The van der Waals surface area contributed by atoms with E-state index in [2.05, 4.69) is 10.4 Å². The molecule has 1 aromatic carbocycles. The van der Waals surface area contributed by atoms with E-state index in [1.165, 1.54) is 18.4 Å². The molecule has 1 fully saturated rings. The second kappa shape index (κ2) is 9.23. The van der Waals surface area contributed by atoms with Crippen LogP contribution in [0, 0.1) is 0 Å². The molecule has 1 aliphatic rings. The lowest BCUT2D eigenvalue weighted by molar-refractivity contribution is -0.126. The number of ether oxygens (including phenoxy) is 1. The average Bonchev–Trinajstić information content (AvgIpc) is 3.47. The highest BCUT2D eigenvalue weighted by Crippen LogP contribution is 2.27. The van der Waals surface area contributed by atoms with Crippen molar-refractivity contribution in [3.05, 3.63) is 70.5 Å². The number of amides is 2. The zero-order valence-electron chi connectivity index (χ0n) is 16.7. The van der Waals surface area contributed by atoms with Crippen molar-refractivity contribution in [2.75, 3.05) is 25.5 Å². The standard InChI is InChI=1S/C22H24N4O3S/c1-29-20(16-6-3-2-4-7-16)21(27)24-19-9-12-23-26(19)17-10-13-25(14-11-17)22(28)18-8-5-15-30-18/h2-9,12,15,17,20H,10-11,13-14H2,1H3,(H,24,27). The Kier molecular flexibility index (Phi) is 6.25. The number of carbonyl (C=O) groups excluding carboxylic acids is 2. The molecule has 7 nitrogen and oxygen atoms in total. The van der Waals surface area contributed by atoms with Gasteiger partial charge < -0.3 is 15.0 Å². The molecule has 0 saturated carbocycles. The van der Waals surface area contributed by atoms with Gasteiger partial charge in [-0.2, -0.15) is 5.10 Å². The number of likely N-dealkylation sites (tertiary alicyclic amines) is 1. The van der Waals surface area contributed by atoms with Crippen LogP contribution in [0.1, 0.15) is 40.2 Å². The van der Waals surface area contributed by atoms with Gasteiger partial charge in [0.2, 0.25) is 0 Å². The molecule has 1 atom stereocenters. The number of rotatable bonds is 6. The van der Waals surface area contributed by atoms with Crippen LogP contribution in [0.2, 0.25) is 0 Å². The average molecular weight is 425 g/mol. The van der Waals surface area contributed by atoms with Gasteiger partial charge in [0.25, 0.3) is 11.8 Å².